The first-order chi connectivity index (χ1) is 23.8. The largest absolute Gasteiger partial charge is 0.202 e. The molecule has 0 aromatic carbocycles. The number of pyridine rings is 1. The number of nitrogens with zero attached hydrogens (tertiary/aromatic N) is 1. The number of aromatic nitrogens is 1. The average molecular weight is 669 g/mol. The Morgan fingerprint density at radius 3 is 0.979 bits per heavy atom. The zero-order valence-corrected chi connectivity index (χ0v) is 33.8. The van der Waals surface area contributed by atoms with Gasteiger partial charge in [-0.2, -0.15) is 0 Å². The molecule has 1 heteroatoms. The monoisotopic (exact) mass is 669 g/mol. The minimum Gasteiger partial charge on any atom is -0.202 e. The predicted octanol–water partition coefficient (Wildman–Crippen LogP) is 16.2. The number of hydrogen-bond donors (Lipinski definition) is 0. The van der Waals surface area contributed by atoms with Crippen LogP contribution in [0.15, 0.2) is 18.3 Å². The highest BCUT2D eigenvalue weighted by molar-refractivity contribution is 5.16. The molecule has 0 saturated carbocycles. The molecular formula is C47H90N+. The van der Waals surface area contributed by atoms with E-state index in [1.54, 1.807) is 11.3 Å². The SMILES string of the molecule is CCCCCCCCCCCCCCCCCCc1ccc[n+](CCCCCC)c1CCCCCCCCCCCCCCCCCC. The van der Waals surface area contributed by atoms with Crippen LogP contribution in [-0.2, 0) is 19.4 Å². The number of unbranched alkanes of at least 4 members (excludes halogenated alkanes) is 33. The number of aryl methyl sites for hydroxylation is 2. The summed E-state index contributed by atoms with van der Waals surface area (Å²) in [6, 6.07) is 4.81. The van der Waals surface area contributed by atoms with Gasteiger partial charge in [0.15, 0.2) is 11.9 Å². The van der Waals surface area contributed by atoms with E-state index in [9.17, 15) is 0 Å². The molecule has 0 saturated heterocycles. The van der Waals surface area contributed by atoms with Crippen LogP contribution < -0.4 is 4.57 Å². The molecule has 282 valence electrons. The molecule has 48 heavy (non-hydrogen) atoms. The molecule has 1 nitrogen and oxygen atoms in total. The highest BCUT2D eigenvalue weighted by Gasteiger charge is 2.15. The Morgan fingerprint density at radius 2 is 0.625 bits per heavy atom. The highest BCUT2D eigenvalue weighted by atomic mass is 15.0. The van der Waals surface area contributed by atoms with Crippen LogP contribution in [0, 0.1) is 0 Å². The van der Waals surface area contributed by atoms with Gasteiger partial charge < -0.3 is 0 Å². The van der Waals surface area contributed by atoms with Crippen LogP contribution in [0.2, 0.25) is 0 Å². The molecule has 1 aromatic heterocycles. The lowest BCUT2D eigenvalue weighted by molar-refractivity contribution is -0.705. The van der Waals surface area contributed by atoms with Gasteiger partial charge in [-0.1, -0.05) is 226 Å². The van der Waals surface area contributed by atoms with Gasteiger partial charge in [0.2, 0.25) is 0 Å². The Labute approximate surface area is 304 Å². The van der Waals surface area contributed by atoms with Gasteiger partial charge in [-0.15, -0.1) is 0 Å². The van der Waals surface area contributed by atoms with E-state index < -0.39 is 0 Å². The Balaban J connectivity index is 2.18. The van der Waals surface area contributed by atoms with Gasteiger partial charge in [0, 0.05) is 24.5 Å². The standard InChI is InChI=1S/C47H90N/c1-4-7-10-13-15-17-19-21-23-25-27-29-31-33-35-37-41-46-42-40-45-48(44-39-12-9-6-3)47(46)43-38-36-34-32-30-28-26-24-22-20-18-16-14-11-8-5-2/h40,42,45H,4-39,41,43-44H2,1-3H3/q+1. The summed E-state index contributed by atoms with van der Waals surface area (Å²) < 4.78 is 2.66. The fraction of sp³-hybridized carbons (Fsp3) is 0.894. The highest BCUT2D eigenvalue weighted by Crippen LogP contribution is 2.18. The fourth-order valence-corrected chi connectivity index (χ4v) is 7.79. The maximum atomic E-state index is 2.66. The maximum absolute atomic E-state index is 2.66. The minimum absolute atomic E-state index is 1.22. The lowest BCUT2D eigenvalue weighted by atomic mass is 9.99. The van der Waals surface area contributed by atoms with Gasteiger partial charge in [-0.3, -0.25) is 0 Å². The van der Waals surface area contributed by atoms with Crippen molar-refractivity contribution in [1.29, 1.82) is 0 Å². The first kappa shape index (κ1) is 45.2. The zero-order chi connectivity index (χ0) is 34.4. The molecule has 0 amide bonds. The third kappa shape index (κ3) is 28.9. The second-order valence-electron chi connectivity index (χ2n) is 15.8. The van der Waals surface area contributed by atoms with Gasteiger partial charge in [0.1, 0.15) is 6.54 Å². The van der Waals surface area contributed by atoms with Crippen molar-refractivity contribution in [3.63, 3.8) is 0 Å². The third-order valence-corrected chi connectivity index (χ3v) is 11.1. The predicted molar refractivity (Wildman–Crippen MR) is 217 cm³/mol. The van der Waals surface area contributed by atoms with Crippen LogP contribution in [0.5, 0.6) is 0 Å². The Morgan fingerprint density at radius 1 is 0.333 bits per heavy atom. The summed E-state index contributed by atoms with van der Waals surface area (Å²) >= 11 is 0. The summed E-state index contributed by atoms with van der Waals surface area (Å²) in [5.74, 6) is 0. The molecule has 0 fully saturated rings. The fourth-order valence-electron chi connectivity index (χ4n) is 7.79. The summed E-state index contributed by atoms with van der Waals surface area (Å²) in [6.45, 7) is 8.18. The van der Waals surface area contributed by atoms with Crippen LogP contribution in [-0.4, -0.2) is 0 Å². The van der Waals surface area contributed by atoms with Crippen molar-refractivity contribution in [2.24, 2.45) is 0 Å². The van der Waals surface area contributed by atoms with Crippen molar-refractivity contribution >= 4 is 0 Å². The molecule has 0 aliphatic heterocycles. The summed E-state index contributed by atoms with van der Waals surface area (Å²) in [4.78, 5) is 0. The summed E-state index contributed by atoms with van der Waals surface area (Å²) in [5.41, 5.74) is 3.35. The van der Waals surface area contributed by atoms with Crippen LogP contribution in [0.4, 0.5) is 0 Å². The molecule has 0 aliphatic carbocycles. The van der Waals surface area contributed by atoms with Crippen LogP contribution in [0.1, 0.15) is 263 Å². The van der Waals surface area contributed by atoms with Crippen LogP contribution >= 0.6 is 0 Å². The quantitative estimate of drug-likeness (QED) is 0.0485. The Hall–Kier alpha value is -0.850. The summed E-state index contributed by atoms with van der Waals surface area (Å²) in [5, 5.41) is 0. The van der Waals surface area contributed by atoms with Crippen molar-refractivity contribution in [2.75, 3.05) is 0 Å². The normalized spacial score (nSPS) is 11.6. The van der Waals surface area contributed by atoms with Crippen molar-refractivity contribution in [2.45, 2.75) is 271 Å². The third-order valence-electron chi connectivity index (χ3n) is 11.1. The average Bonchev–Trinajstić information content (AvgIpc) is 3.10. The van der Waals surface area contributed by atoms with E-state index in [-0.39, 0.29) is 0 Å². The van der Waals surface area contributed by atoms with E-state index in [2.05, 4.69) is 43.7 Å². The van der Waals surface area contributed by atoms with Gasteiger partial charge in [0.25, 0.3) is 0 Å². The topological polar surface area (TPSA) is 3.88 Å². The van der Waals surface area contributed by atoms with Crippen molar-refractivity contribution in [1.82, 2.24) is 0 Å². The van der Waals surface area contributed by atoms with Gasteiger partial charge in [-0.25, -0.2) is 4.57 Å². The van der Waals surface area contributed by atoms with Gasteiger partial charge >= 0.3 is 0 Å². The molecule has 0 aliphatic rings. The van der Waals surface area contributed by atoms with Crippen molar-refractivity contribution in [3.8, 4) is 0 Å². The molecule has 1 heterocycles. The Bertz CT molecular complexity index is 753. The first-order valence-corrected chi connectivity index (χ1v) is 22.8. The zero-order valence-electron chi connectivity index (χ0n) is 33.8. The van der Waals surface area contributed by atoms with E-state index >= 15 is 0 Å². The molecule has 0 bridgehead atoms. The first-order valence-electron chi connectivity index (χ1n) is 22.8. The lowest BCUT2D eigenvalue weighted by Gasteiger charge is -2.10. The number of hydrogen-bond acceptors (Lipinski definition) is 0. The van der Waals surface area contributed by atoms with Crippen LogP contribution in [0.3, 0.4) is 0 Å². The smallest absolute Gasteiger partial charge is 0.184 e. The summed E-state index contributed by atoms with van der Waals surface area (Å²) in [7, 11) is 0. The van der Waals surface area contributed by atoms with E-state index in [0.29, 0.717) is 0 Å². The molecule has 0 radical (unpaired) electrons. The maximum Gasteiger partial charge on any atom is 0.184 e. The van der Waals surface area contributed by atoms with Crippen molar-refractivity contribution in [3.05, 3.63) is 29.6 Å². The molecule has 0 N–H and O–H groups in total. The lowest BCUT2D eigenvalue weighted by Crippen LogP contribution is -2.39. The molecule has 0 spiro atoms. The molecule has 1 rings (SSSR count). The van der Waals surface area contributed by atoms with E-state index in [4.69, 9.17) is 0 Å². The Kier molecular flexibility index (Phi) is 35.2. The second kappa shape index (κ2) is 37.4. The molecule has 1 aromatic rings. The van der Waals surface area contributed by atoms with Gasteiger partial charge in [-0.05, 0) is 31.7 Å². The molecular weight excluding hydrogens is 579 g/mol. The van der Waals surface area contributed by atoms with E-state index in [0.717, 1.165) is 0 Å². The molecule has 0 atom stereocenters. The number of rotatable bonds is 39. The molecule has 0 unspecified atom stereocenters. The van der Waals surface area contributed by atoms with Gasteiger partial charge in [0.05, 0.1) is 0 Å². The summed E-state index contributed by atoms with van der Waals surface area (Å²) in [6.07, 6.45) is 56.8. The second-order valence-corrected chi connectivity index (χ2v) is 15.8. The van der Waals surface area contributed by atoms with Crippen LogP contribution in [0.25, 0.3) is 0 Å². The van der Waals surface area contributed by atoms with E-state index in [1.165, 1.54) is 251 Å². The van der Waals surface area contributed by atoms with E-state index in [1.807, 2.05) is 0 Å². The van der Waals surface area contributed by atoms with Crippen molar-refractivity contribution < 1.29 is 4.57 Å². The minimum atomic E-state index is 1.22.